The molecule has 0 saturated carbocycles. The van der Waals surface area contributed by atoms with Gasteiger partial charge in [-0.15, -0.1) is 0 Å². The van der Waals surface area contributed by atoms with Crippen LogP contribution in [0.1, 0.15) is 37.1 Å². The van der Waals surface area contributed by atoms with Crippen LogP contribution in [0.5, 0.6) is 0 Å². The summed E-state index contributed by atoms with van der Waals surface area (Å²) in [5.74, 6) is 0. The van der Waals surface area contributed by atoms with Crippen LogP contribution in [0.3, 0.4) is 0 Å². The van der Waals surface area contributed by atoms with E-state index in [1.54, 1.807) is 24.3 Å². The van der Waals surface area contributed by atoms with Crippen molar-refractivity contribution in [2.45, 2.75) is 36.4 Å². The highest BCUT2D eigenvalue weighted by Gasteiger charge is 2.47. The summed E-state index contributed by atoms with van der Waals surface area (Å²) < 4.78 is 27.5. The number of benzene rings is 2. The van der Waals surface area contributed by atoms with Gasteiger partial charge in [0.2, 0.25) is 0 Å². The van der Waals surface area contributed by atoms with Gasteiger partial charge in [-0.25, -0.2) is 0 Å². The summed E-state index contributed by atoms with van der Waals surface area (Å²) in [6.45, 7) is 3.93. The molecule has 0 aliphatic rings. The van der Waals surface area contributed by atoms with Gasteiger partial charge in [0.1, 0.15) is 6.10 Å². The molecule has 0 fully saturated rings. The summed E-state index contributed by atoms with van der Waals surface area (Å²) >= 11 is 13.6. The van der Waals surface area contributed by atoms with E-state index in [1.807, 2.05) is 50.2 Å². The van der Waals surface area contributed by atoms with Crippen LogP contribution < -0.4 is 5.32 Å². The monoisotopic (exact) mass is 415 g/mol. The molecule has 7 heteroatoms. The van der Waals surface area contributed by atoms with Crippen LogP contribution in [0.4, 0.5) is 0 Å². The topological polar surface area (TPSA) is 55.4 Å². The third-order valence-corrected chi connectivity index (χ3v) is 5.12. The summed E-state index contributed by atoms with van der Waals surface area (Å²) in [5.41, 5.74) is 1.42. The largest absolute Gasteiger partial charge is 0.305 e. The Balaban J connectivity index is 2.54. The zero-order valence-electron chi connectivity index (χ0n) is 14.9. The minimum absolute atomic E-state index is 0.0618. The van der Waals surface area contributed by atoms with Crippen molar-refractivity contribution in [3.8, 4) is 0 Å². The van der Waals surface area contributed by atoms with Gasteiger partial charge in [0, 0.05) is 6.04 Å². The maximum Gasteiger partial charge on any atom is 0.265 e. The fourth-order valence-corrected chi connectivity index (χ4v) is 4.14. The molecule has 2 atom stereocenters. The molecule has 0 amide bonds. The van der Waals surface area contributed by atoms with E-state index in [2.05, 4.69) is 5.32 Å². The number of rotatable bonds is 8. The Morgan fingerprint density at radius 3 is 1.81 bits per heavy atom. The van der Waals surface area contributed by atoms with Gasteiger partial charge in [-0.1, -0.05) is 97.7 Å². The summed E-state index contributed by atoms with van der Waals surface area (Å²) in [6.07, 6.45) is -0.0984. The SMILES string of the molecule is CC(C)N[C@H](c1ccccc1)C(Cl)(Cl)[C@H](OS(C)(=O)=O)c1ccccc1. The van der Waals surface area contributed by atoms with Crippen LogP contribution in [-0.2, 0) is 14.3 Å². The van der Waals surface area contributed by atoms with Crippen LogP contribution >= 0.6 is 23.2 Å². The molecule has 0 bridgehead atoms. The molecule has 2 aromatic rings. The Kier molecular flexibility index (Phi) is 7.11. The Hall–Kier alpha value is -1.11. The third kappa shape index (κ3) is 5.69. The van der Waals surface area contributed by atoms with Crippen molar-refractivity contribution in [2.24, 2.45) is 0 Å². The van der Waals surface area contributed by atoms with E-state index in [0.717, 1.165) is 11.8 Å². The Morgan fingerprint density at radius 1 is 0.923 bits per heavy atom. The number of alkyl halides is 2. The quantitative estimate of drug-likeness (QED) is 0.504. The first-order valence-corrected chi connectivity index (χ1v) is 10.8. The fourth-order valence-electron chi connectivity index (χ4n) is 2.70. The summed E-state index contributed by atoms with van der Waals surface area (Å²) in [6, 6.07) is 17.8. The van der Waals surface area contributed by atoms with E-state index < -0.39 is 26.6 Å². The van der Waals surface area contributed by atoms with Gasteiger partial charge in [0.25, 0.3) is 10.1 Å². The zero-order valence-corrected chi connectivity index (χ0v) is 17.2. The maximum atomic E-state index is 11.9. The van der Waals surface area contributed by atoms with E-state index in [1.165, 1.54) is 0 Å². The summed E-state index contributed by atoms with van der Waals surface area (Å²) in [4.78, 5) is 0. The smallest absolute Gasteiger partial charge is 0.265 e. The van der Waals surface area contributed by atoms with Gasteiger partial charge in [0.15, 0.2) is 4.33 Å². The minimum Gasteiger partial charge on any atom is -0.305 e. The molecule has 0 aromatic heterocycles. The molecule has 0 aliphatic heterocycles. The standard InChI is InChI=1S/C19H23Cl2NO3S/c1-14(2)22-17(15-10-6-4-7-11-15)19(20,21)18(25-26(3,23)24)16-12-8-5-9-13-16/h4-14,17-18,22H,1-3H3/t17-,18-/m1/s1. The minimum atomic E-state index is -3.80. The zero-order chi connectivity index (χ0) is 19.4. The first kappa shape index (κ1) is 21.2. The molecule has 1 N–H and O–H groups in total. The lowest BCUT2D eigenvalue weighted by Gasteiger charge is -2.37. The van der Waals surface area contributed by atoms with Gasteiger partial charge in [-0.2, -0.15) is 8.42 Å². The molecule has 2 rings (SSSR count). The molecule has 142 valence electrons. The number of hydrogen-bond acceptors (Lipinski definition) is 4. The van der Waals surface area contributed by atoms with Crippen LogP contribution in [-0.4, -0.2) is 25.0 Å². The van der Waals surface area contributed by atoms with Crippen molar-refractivity contribution in [1.29, 1.82) is 0 Å². The highest BCUT2D eigenvalue weighted by molar-refractivity contribution is 7.86. The average molecular weight is 416 g/mol. The van der Waals surface area contributed by atoms with E-state index >= 15 is 0 Å². The van der Waals surface area contributed by atoms with Crippen molar-refractivity contribution >= 4 is 33.3 Å². The molecule has 0 heterocycles. The van der Waals surface area contributed by atoms with Crippen LogP contribution in [0.15, 0.2) is 60.7 Å². The maximum absolute atomic E-state index is 11.9. The molecule has 0 unspecified atom stereocenters. The first-order chi connectivity index (χ1) is 12.1. The Morgan fingerprint density at radius 2 is 1.38 bits per heavy atom. The summed E-state index contributed by atoms with van der Waals surface area (Å²) in [5, 5.41) is 3.33. The lowest BCUT2D eigenvalue weighted by Crippen LogP contribution is -2.44. The van der Waals surface area contributed by atoms with E-state index in [0.29, 0.717) is 5.56 Å². The second kappa shape index (κ2) is 8.72. The van der Waals surface area contributed by atoms with Gasteiger partial charge in [-0.3, -0.25) is 4.18 Å². The molecule has 0 spiro atoms. The Labute approximate surface area is 165 Å². The molecule has 0 saturated heterocycles. The lowest BCUT2D eigenvalue weighted by molar-refractivity contribution is 0.171. The second-order valence-electron chi connectivity index (χ2n) is 6.43. The molecule has 0 radical (unpaired) electrons. The molecule has 4 nitrogen and oxygen atoms in total. The van der Waals surface area contributed by atoms with Crippen LogP contribution in [0.25, 0.3) is 0 Å². The molecule has 26 heavy (non-hydrogen) atoms. The normalized spacial score (nSPS) is 15.0. The fraction of sp³-hybridized carbons (Fsp3) is 0.368. The van der Waals surface area contributed by atoms with Crippen LogP contribution in [0.2, 0.25) is 0 Å². The highest BCUT2D eigenvalue weighted by Crippen LogP contribution is 2.48. The third-order valence-electron chi connectivity index (χ3n) is 3.74. The lowest BCUT2D eigenvalue weighted by atomic mass is 9.95. The first-order valence-electron chi connectivity index (χ1n) is 8.23. The van der Waals surface area contributed by atoms with Crippen LogP contribution in [0, 0.1) is 0 Å². The molecular formula is C19H23Cl2NO3S. The number of nitrogens with one attached hydrogen (secondary N) is 1. The van der Waals surface area contributed by atoms with Crippen molar-refractivity contribution in [3.05, 3.63) is 71.8 Å². The van der Waals surface area contributed by atoms with Gasteiger partial charge >= 0.3 is 0 Å². The predicted molar refractivity (Wildman–Crippen MR) is 107 cm³/mol. The summed E-state index contributed by atoms with van der Waals surface area (Å²) in [7, 11) is -3.80. The Bertz CT molecular complexity index is 796. The number of halogens is 2. The predicted octanol–water partition coefficient (Wildman–Crippen LogP) is 4.62. The van der Waals surface area contributed by atoms with E-state index in [-0.39, 0.29) is 6.04 Å². The van der Waals surface area contributed by atoms with Crippen molar-refractivity contribution in [1.82, 2.24) is 5.32 Å². The molecule has 2 aromatic carbocycles. The molecular weight excluding hydrogens is 393 g/mol. The van der Waals surface area contributed by atoms with Crippen molar-refractivity contribution < 1.29 is 12.6 Å². The van der Waals surface area contributed by atoms with Gasteiger partial charge in [-0.05, 0) is 11.1 Å². The average Bonchev–Trinajstić information content (AvgIpc) is 2.58. The second-order valence-corrected chi connectivity index (χ2v) is 9.48. The van der Waals surface area contributed by atoms with Gasteiger partial charge < -0.3 is 5.32 Å². The molecule has 0 aliphatic carbocycles. The van der Waals surface area contributed by atoms with Gasteiger partial charge in [0.05, 0.1) is 12.3 Å². The number of hydrogen-bond donors (Lipinski definition) is 1. The van der Waals surface area contributed by atoms with Crippen molar-refractivity contribution in [2.75, 3.05) is 6.26 Å². The van der Waals surface area contributed by atoms with E-state index in [4.69, 9.17) is 27.4 Å². The van der Waals surface area contributed by atoms with Crippen molar-refractivity contribution in [3.63, 3.8) is 0 Å². The van der Waals surface area contributed by atoms with E-state index in [9.17, 15) is 8.42 Å². The highest BCUT2D eigenvalue weighted by atomic mass is 35.5.